The first kappa shape index (κ1) is 14.2. The molecule has 0 bridgehead atoms. The van der Waals surface area contributed by atoms with Gasteiger partial charge in [-0.05, 0) is 59.5 Å². The topological polar surface area (TPSA) is 24.9 Å². The first-order valence-electron chi connectivity index (χ1n) is 7.41. The van der Waals surface area contributed by atoms with Crippen LogP contribution in [-0.4, -0.2) is 11.5 Å². The summed E-state index contributed by atoms with van der Waals surface area (Å²) >= 11 is 1.82. The van der Waals surface area contributed by atoms with E-state index in [0.717, 1.165) is 13.0 Å². The molecule has 3 aromatic rings. The summed E-state index contributed by atoms with van der Waals surface area (Å²) in [5, 5.41) is 7.32. The van der Waals surface area contributed by atoms with E-state index in [2.05, 4.69) is 59.9 Å². The number of hydrogen-bond acceptors (Lipinski definition) is 3. The molecule has 1 atom stereocenters. The van der Waals surface area contributed by atoms with Crippen molar-refractivity contribution in [3.05, 3.63) is 64.8 Å². The summed E-state index contributed by atoms with van der Waals surface area (Å²) in [6.45, 7) is 5.36. The second kappa shape index (κ2) is 6.37. The molecular formula is C18H20N2S. The predicted octanol–water partition coefficient (Wildman–Crippen LogP) is 4.69. The van der Waals surface area contributed by atoms with E-state index in [0.29, 0.717) is 0 Å². The van der Waals surface area contributed by atoms with Gasteiger partial charge in [0.1, 0.15) is 0 Å². The van der Waals surface area contributed by atoms with Crippen molar-refractivity contribution in [1.82, 2.24) is 10.3 Å². The highest BCUT2D eigenvalue weighted by atomic mass is 32.1. The molecule has 1 aromatic carbocycles. The molecule has 0 saturated heterocycles. The third-order valence-electron chi connectivity index (χ3n) is 3.81. The van der Waals surface area contributed by atoms with Gasteiger partial charge in [0.05, 0.1) is 6.04 Å². The van der Waals surface area contributed by atoms with Gasteiger partial charge in [0.15, 0.2) is 0 Å². The Hall–Kier alpha value is -1.71. The van der Waals surface area contributed by atoms with Gasteiger partial charge in [-0.3, -0.25) is 4.98 Å². The summed E-state index contributed by atoms with van der Waals surface area (Å²) < 4.78 is 1.34. The monoisotopic (exact) mass is 296 g/mol. The van der Waals surface area contributed by atoms with Gasteiger partial charge < -0.3 is 5.32 Å². The van der Waals surface area contributed by atoms with Gasteiger partial charge in [0.2, 0.25) is 0 Å². The summed E-state index contributed by atoms with van der Waals surface area (Å²) in [6, 6.07) is 10.9. The molecule has 0 aliphatic carbocycles. The summed E-state index contributed by atoms with van der Waals surface area (Å²) in [7, 11) is 0. The van der Waals surface area contributed by atoms with E-state index in [-0.39, 0.29) is 6.04 Å². The number of hydrogen-bond donors (Lipinski definition) is 1. The van der Waals surface area contributed by atoms with E-state index in [1.165, 1.54) is 26.8 Å². The van der Waals surface area contributed by atoms with Crippen molar-refractivity contribution in [3.63, 3.8) is 0 Å². The van der Waals surface area contributed by atoms with Crippen LogP contribution in [0.25, 0.3) is 10.1 Å². The van der Waals surface area contributed by atoms with Crippen LogP contribution >= 0.6 is 11.3 Å². The first-order valence-corrected chi connectivity index (χ1v) is 8.29. The molecule has 0 fully saturated rings. The Balaban J connectivity index is 2.09. The van der Waals surface area contributed by atoms with Crippen molar-refractivity contribution in [1.29, 1.82) is 0 Å². The van der Waals surface area contributed by atoms with E-state index in [1.807, 2.05) is 23.7 Å². The predicted molar refractivity (Wildman–Crippen MR) is 90.9 cm³/mol. The van der Waals surface area contributed by atoms with Gasteiger partial charge in [0.25, 0.3) is 0 Å². The Morgan fingerprint density at radius 1 is 1.19 bits per heavy atom. The molecule has 1 N–H and O–H groups in total. The zero-order valence-corrected chi connectivity index (χ0v) is 13.3. The van der Waals surface area contributed by atoms with Gasteiger partial charge in [0, 0.05) is 17.1 Å². The Morgan fingerprint density at radius 3 is 2.86 bits per heavy atom. The fourth-order valence-electron chi connectivity index (χ4n) is 2.68. The fraction of sp³-hybridized carbons (Fsp3) is 0.278. The largest absolute Gasteiger partial charge is 0.306 e. The third-order valence-corrected chi connectivity index (χ3v) is 4.79. The van der Waals surface area contributed by atoms with E-state index in [9.17, 15) is 0 Å². The molecule has 3 rings (SSSR count). The Kier molecular flexibility index (Phi) is 4.32. The molecule has 1 unspecified atom stereocenters. The van der Waals surface area contributed by atoms with Crippen LogP contribution in [-0.2, 0) is 0 Å². The van der Waals surface area contributed by atoms with Crippen molar-refractivity contribution < 1.29 is 0 Å². The molecule has 0 radical (unpaired) electrons. The number of pyridine rings is 1. The van der Waals surface area contributed by atoms with Gasteiger partial charge >= 0.3 is 0 Å². The number of benzene rings is 1. The average Bonchev–Trinajstić information content (AvgIpc) is 2.93. The summed E-state index contributed by atoms with van der Waals surface area (Å²) in [4.78, 5) is 4.33. The number of thiophene rings is 1. The lowest BCUT2D eigenvalue weighted by Gasteiger charge is -2.20. The zero-order chi connectivity index (χ0) is 14.7. The average molecular weight is 296 g/mol. The molecule has 0 spiro atoms. The fourth-order valence-corrected chi connectivity index (χ4v) is 3.66. The molecule has 0 aliphatic heterocycles. The minimum absolute atomic E-state index is 0.217. The minimum Gasteiger partial charge on any atom is -0.306 e. The third kappa shape index (κ3) is 2.85. The molecule has 3 heteroatoms. The standard InChI is InChI=1S/C18H20N2S/c1-3-9-20-18(15-11-19-10-8-13(15)2)16-12-21-17-7-5-4-6-14(16)17/h4-8,10-12,18,20H,3,9H2,1-2H3. The Morgan fingerprint density at radius 2 is 2.05 bits per heavy atom. The van der Waals surface area contributed by atoms with Gasteiger partial charge in [-0.2, -0.15) is 0 Å². The second-order valence-corrected chi connectivity index (χ2v) is 6.22. The number of nitrogens with zero attached hydrogens (tertiary/aromatic N) is 1. The maximum absolute atomic E-state index is 4.33. The zero-order valence-electron chi connectivity index (χ0n) is 12.5. The van der Waals surface area contributed by atoms with E-state index in [4.69, 9.17) is 0 Å². The van der Waals surface area contributed by atoms with Crippen molar-refractivity contribution in [2.45, 2.75) is 26.3 Å². The normalized spacial score (nSPS) is 12.7. The van der Waals surface area contributed by atoms with Crippen LogP contribution < -0.4 is 5.32 Å². The van der Waals surface area contributed by atoms with E-state index < -0.39 is 0 Å². The molecule has 2 nitrogen and oxygen atoms in total. The highest BCUT2D eigenvalue weighted by Gasteiger charge is 2.19. The lowest BCUT2D eigenvalue weighted by atomic mass is 9.96. The molecular weight excluding hydrogens is 276 g/mol. The lowest BCUT2D eigenvalue weighted by molar-refractivity contribution is 0.598. The van der Waals surface area contributed by atoms with Gasteiger partial charge in [-0.15, -0.1) is 11.3 Å². The van der Waals surface area contributed by atoms with Crippen LogP contribution in [0.1, 0.15) is 36.1 Å². The maximum atomic E-state index is 4.33. The number of fused-ring (bicyclic) bond motifs is 1. The molecule has 2 heterocycles. The first-order chi connectivity index (χ1) is 10.3. The molecule has 0 saturated carbocycles. The van der Waals surface area contributed by atoms with Crippen LogP contribution in [0.5, 0.6) is 0 Å². The van der Waals surface area contributed by atoms with Crippen molar-refractivity contribution in [2.24, 2.45) is 0 Å². The summed E-state index contributed by atoms with van der Waals surface area (Å²) in [5.41, 5.74) is 3.92. The smallest absolute Gasteiger partial charge is 0.0609 e. The van der Waals surface area contributed by atoms with Gasteiger partial charge in [-0.25, -0.2) is 0 Å². The molecule has 0 amide bonds. The maximum Gasteiger partial charge on any atom is 0.0609 e. The van der Waals surface area contributed by atoms with Crippen molar-refractivity contribution in [2.75, 3.05) is 6.54 Å². The minimum atomic E-state index is 0.217. The summed E-state index contributed by atoms with van der Waals surface area (Å²) in [5.74, 6) is 0. The second-order valence-electron chi connectivity index (χ2n) is 5.31. The van der Waals surface area contributed by atoms with Crippen LogP contribution in [0.4, 0.5) is 0 Å². The van der Waals surface area contributed by atoms with Crippen LogP contribution in [0, 0.1) is 6.92 Å². The van der Waals surface area contributed by atoms with E-state index in [1.54, 1.807) is 0 Å². The SMILES string of the molecule is CCCNC(c1cnccc1C)c1csc2ccccc12. The molecule has 0 aliphatic rings. The lowest BCUT2D eigenvalue weighted by Crippen LogP contribution is -2.23. The number of nitrogens with one attached hydrogen (secondary N) is 1. The van der Waals surface area contributed by atoms with Crippen LogP contribution in [0.3, 0.4) is 0 Å². The Bertz CT molecular complexity index is 733. The molecule has 21 heavy (non-hydrogen) atoms. The molecule has 2 aromatic heterocycles. The number of rotatable bonds is 5. The quantitative estimate of drug-likeness (QED) is 0.738. The summed E-state index contributed by atoms with van der Waals surface area (Å²) in [6.07, 6.45) is 4.98. The van der Waals surface area contributed by atoms with Gasteiger partial charge in [-0.1, -0.05) is 25.1 Å². The number of aryl methyl sites for hydroxylation is 1. The van der Waals surface area contributed by atoms with Crippen LogP contribution in [0.2, 0.25) is 0 Å². The van der Waals surface area contributed by atoms with Crippen LogP contribution in [0.15, 0.2) is 48.1 Å². The Labute approximate surface area is 129 Å². The number of aromatic nitrogens is 1. The highest BCUT2D eigenvalue weighted by Crippen LogP contribution is 2.34. The van der Waals surface area contributed by atoms with E-state index >= 15 is 0 Å². The highest BCUT2D eigenvalue weighted by molar-refractivity contribution is 7.17. The molecule has 108 valence electrons. The van der Waals surface area contributed by atoms with Crippen molar-refractivity contribution in [3.8, 4) is 0 Å². The van der Waals surface area contributed by atoms with Crippen molar-refractivity contribution >= 4 is 21.4 Å².